The average Bonchev–Trinajstić information content (AvgIpc) is 2.70. The van der Waals surface area contributed by atoms with Crippen LogP contribution in [0.2, 0.25) is 0 Å². The molecule has 1 saturated heterocycles. The largest absolute Gasteiger partial charge is 0.444 e. The lowest BCUT2D eigenvalue weighted by Gasteiger charge is -2.32. The summed E-state index contributed by atoms with van der Waals surface area (Å²) in [5.41, 5.74) is -0.512. The highest BCUT2D eigenvalue weighted by Crippen LogP contribution is 2.40. The van der Waals surface area contributed by atoms with Crippen molar-refractivity contribution < 1.29 is 22.1 Å². The number of ether oxygens (including phenoxy) is 1. The first-order valence-corrected chi connectivity index (χ1v) is 8.25. The molecule has 1 aliphatic carbocycles. The second kappa shape index (κ2) is 4.63. The van der Waals surface area contributed by atoms with Gasteiger partial charge in [0.25, 0.3) is 10.1 Å². The van der Waals surface area contributed by atoms with E-state index in [0.29, 0.717) is 13.0 Å². The van der Waals surface area contributed by atoms with Gasteiger partial charge in [0.2, 0.25) is 0 Å². The van der Waals surface area contributed by atoms with Crippen LogP contribution in [0.4, 0.5) is 4.79 Å². The highest BCUT2D eigenvalue weighted by atomic mass is 32.2. The van der Waals surface area contributed by atoms with Crippen LogP contribution in [0.25, 0.3) is 0 Å². The Balaban J connectivity index is 1.94. The van der Waals surface area contributed by atoms with E-state index in [1.165, 1.54) is 0 Å². The fourth-order valence-electron chi connectivity index (χ4n) is 2.79. The van der Waals surface area contributed by atoms with Gasteiger partial charge in [-0.3, -0.25) is 4.18 Å². The van der Waals surface area contributed by atoms with Gasteiger partial charge in [-0.2, -0.15) is 8.42 Å². The van der Waals surface area contributed by atoms with Crippen LogP contribution in [0.3, 0.4) is 0 Å². The number of rotatable bonds is 2. The number of amides is 1. The lowest BCUT2D eigenvalue weighted by Crippen LogP contribution is -2.45. The first-order valence-electron chi connectivity index (χ1n) is 6.43. The molecule has 0 aromatic carbocycles. The lowest BCUT2D eigenvalue weighted by atomic mass is 10.1. The van der Waals surface area contributed by atoms with Crippen molar-refractivity contribution in [3.05, 3.63) is 0 Å². The van der Waals surface area contributed by atoms with E-state index < -0.39 is 15.7 Å². The summed E-state index contributed by atoms with van der Waals surface area (Å²) < 4.78 is 32.7. The minimum atomic E-state index is -3.43. The smallest absolute Gasteiger partial charge is 0.410 e. The third-order valence-corrected chi connectivity index (χ3v) is 4.00. The molecule has 6 nitrogen and oxygen atoms in total. The van der Waals surface area contributed by atoms with Gasteiger partial charge >= 0.3 is 6.09 Å². The van der Waals surface area contributed by atoms with E-state index in [1.54, 1.807) is 4.90 Å². The Morgan fingerprint density at radius 1 is 1.26 bits per heavy atom. The van der Waals surface area contributed by atoms with Gasteiger partial charge in [0, 0.05) is 18.5 Å². The number of piperidine rings is 1. The third-order valence-electron chi connectivity index (χ3n) is 3.40. The lowest BCUT2D eigenvalue weighted by molar-refractivity contribution is 0.0113. The molecule has 0 aromatic heterocycles. The number of nitrogens with zero attached hydrogens (tertiary/aromatic N) is 1. The van der Waals surface area contributed by atoms with Crippen LogP contribution in [0.1, 0.15) is 33.6 Å². The van der Waals surface area contributed by atoms with Gasteiger partial charge in [-0.05, 0) is 33.6 Å². The van der Waals surface area contributed by atoms with Gasteiger partial charge in [0.15, 0.2) is 0 Å². The zero-order chi connectivity index (χ0) is 14.4. The molecular formula is C12H21NO5S. The van der Waals surface area contributed by atoms with Crippen molar-refractivity contribution in [2.45, 2.75) is 51.4 Å². The summed E-state index contributed by atoms with van der Waals surface area (Å²) >= 11 is 0. The van der Waals surface area contributed by atoms with Crippen LogP contribution in [-0.2, 0) is 19.0 Å². The van der Waals surface area contributed by atoms with Crippen molar-refractivity contribution in [3.8, 4) is 0 Å². The van der Waals surface area contributed by atoms with Crippen LogP contribution in [0, 0.1) is 5.92 Å². The molecule has 1 heterocycles. The molecule has 1 aliphatic heterocycles. The predicted octanol–water partition coefficient (Wildman–Crippen LogP) is 1.36. The predicted molar refractivity (Wildman–Crippen MR) is 69.2 cm³/mol. The van der Waals surface area contributed by atoms with E-state index in [-0.39, 0.29) is 24.2 Å². The zero-order valence-electron chi connectivity index (χ0n) is 11.8. The van der Waals surface area contributed by atoms with E-state index in [9.17, 15) is 13.2 Å². The Morgan fingerprint density at radius 3 is 2.32 bits per heavy atom. The summed E-state index contributed by atoms with van der Waals surface area (Å²) in [6.07, 6.45) is 1.80. The molecular weight excluding hydrogens is 270 g/mol. The molecule has 2 bridgehead atoms. The van der Waals surface area contributed by atoms with Crippen molar-refractivity contribution in [3.63, 3.8) is 0 Å². The number of carbonyl (C=O) groups is 1. The molecule has 2 fully saturated rings. The van der Waals surface area contributed by atoms with E-state index in [4.69, 9.17) is 8.92 Å². The molecule has 2 rings (SSSR count). The maximum atomic E-state index is 12.0. The maximum Gasteiger partial charge on any atom is 0.410 e. The Hall–Kier alpha value is -0.820. The molecule has 0 aromatic rings. The second-order valence-corrected chi connectivity index (χ2v) is 7.96. The third kappa shape index (κ3) is 3.60. The molecule has 1 saturated carbocycles. The highest BCUT2D eigenvalue weighted by molar-refractivity contribution is 7.86. The van der Waals surface area contributed by atoms with Gasteiger partial charge in [0.1, 0.15) is 5.60 Å². The average molecular weight is 291 g/mol. The first kappa shape index (κ1) is 14.6. The van der Waals surface area contributed by atoms with Crippen molar-refractivity contribution in [2.24, 2.45) is 5.92 Å². The summed E-state index contributed by atoms with van der Waals surface area (Å²) in [4.78, 5) is 13.7. The van der Waals surface area contributed by atoms with Crippen molar-refractivity contribution >= 4 is 16.2 Å². The second-order valence-electron chi connectivity index (χ2n) is 6.36. The number of likely N-dealkylation sites (tertiary alicyclic amines) is 1. The van der Waals surface area contributed by atoms with Crippen molar-refractivity contribution in [1.29, 1.82) is 0 Å². The summed E-state index contributed by atoms with van der Waals surface area (Å²) in [7, 11) is -3.43. The summed E-state index contributed by atoms with van der Waals surface area (Å²) in [6, 6.07) is 0.0339. The summed E-state index contributed by atoms with van der Waals surface area (Å²) in [5, 5.41) is 0. The van der Waals surface area contributed by atoms with Crippen molar-refractivity contribution in [2.75, 3.05) is 12.8 Å². The molecule has 3 atom stereocenters. The Kier molecular flexibility index (Phi) is 3.55. The van der Waals surface area contributed by atoms with Crippen molar-refractivity contribution in [1.82, 2.24) is 4.90 Å². The quantitative estimate of drug-likeness (QED) is 0.718. The molecule has 3 unspecified atom stereocenters. The van der Waals surface area contributed by atoms with Crippen LogP contribution in [0.15, 0.2) is 0 Å². The Morgan fingerprint density at radius 2 is 1.89 bits per heavy atom. The molecule has 0 spiro atoms. The molecule has 19 heavy (non-hydrogen) atoms. The number of hydrogen-bond donors (Lipinski definition) is 0. The Bertz CT molecular complexity index is 467. The monoisotopic (exact) mass is 291 g/mol. The van der Waals surface area contributed by atoms with E-state index >= 15 is 0 Å². The summed E-state index contributed by atoms with van der Waals surface area (Å²) in [6.45, 7) is 6.00. The van der Waals surface area contributed by atoms with E-state index in [2.05, 4.69) is 0 Å². The maximum absolute atomic E-state index is 12.0. The number of hydrogen-bond acceptors (Lipinski definition) is 5. The van der Waals surface area contributed by atoms with Gasteiger partial charge in [-0.25, -0.2) is 4.79 Å². The molecule has 0 radical (unpaired) electrons. The standard InChI is InChI=1S/C12H21NO5S/c1-12(2,3)17-11(14)13-7-8-5-9(13)6-10(8)18-19(4,15)16/h8-10H,5-7H2,1-4H3. The van der Waals surface area contributed by atoms with Gasteiger partial charge < -0.3 is 9.64 Å². The molecule has 7 heteroatoms. The first-order chi connectivity index (χ1) is 8.55. The number of carbonyl (C=O) groups excluding carboxylic acids is 1. The number of fused-ring (bicyclic) bond motifs is 2. The molecule has 1 amide bonds. The fourth-order valence-corrected chi connectivity index (χ4v) is 3.48. The minimum Gasteiger partial charge on any atom is -0.444 e. The highest BCUT2D eigenvalue weighted by Gasteiger charge is 2.49. The molecule has 2 aliphatic rings. The molecule has 110 valence electrons. The van der Waals surface area contributed by atoms with Crippen LogP contribution in [-0.4, -0.2) is 50.0 Å². The zero-order valence-corrected chi connectivity index (χ0v) is 12.6. The minimum absolute atomic E-state index is 0.0339. The van der Waals surface area contributed by atoms with Gasteiger partial charge in [-0.15, -0.1) is 0 Å². The van der Waals surface area contributed by atoms with Crippen LogP contribution >= 0.6 is 0 Å². The van der Waals surface area contributed by atoms with Crippen LogP contribution in [0.5, 0.6) is 0 Å². The topological polar surface area (TPSA) is 72.9 Å². The van der Waals surface area contributed by atoms with Gasteiger partial charge in [0.05, 0.1) is 12.4 Å². The fraction of sp³-hybridized carbons (Fsp3) is 0.917. The Labute approximate surface area is 114 Å². The SMILES string of the molecule is CC(C)(C)OC(=O)N1CC2CC1CC2OS(C)(=O)=O. The summed E-state index contributed by atoms with van der Waals surface area (Å²) in [5.74, 6) is 0.0900. The normalized spacial score (nSPS) is 30.7. The van der Waals surface area contributed by atoms with Crippen LogP contribution < -0.4 is 0 Å². The van der Waals surface area contributed by atoms with Gasteiger partial charge in [-0.1, -0.05) is 0 Å². The molecule has 0 N–H and O–H groups in total. The van der Waals surface area contributed by atoms with E-state index in [1.807, 2.05) is 20.8 Å². The van der Waals surface area contributed by atoms with E-state index in [0.717, 1.165) is 12.7 Å².